The molecule has 202 valence electrons. The summed E-state index contributed by atoms with van der Waals surface area (Å²) in [6.45, 7) is 0.283. The molecule has 4 bridgehead atoms. The minimum Gasteiger partial charge on any atom is -0.467 e. The predicted molar refractivity (Wildman–Crippen MR) is 146 cm³/mol. The molecular weight excluding hydrogens is 744 g/mol. The molecule has 0 aromatic carbocycles. The first-order chi connectivity index (χ1) is 17.6. The largest absolute Gasteiger partial charge is 0.467 e. The summed E-state index contributed by atoms with van der Waals surface area (Å²) >= 11 is 14.8. The smallest absolute Gasteiger partial charge is 0.329 e. The van der Waals surface area contributed by atoms with Crippen molar-refractivity contribution in [1.82, 2.24) is 9.80 Å². The van der Waals surface area contributed by atoms with E-state index in [2.05, 4.69) is 63.7 Å². The van der Waals surface area contributed by atoms with Crippen LogP contribution < -0.4 is 0 Å². The second-order valence-corrected chi connectivity index (χ2v) is 15.6. The number of nitrogens with zero attached hydrogens (tertiary/aromatic N) is 2. The molecule has 0 aromatic rings. The molecule has 4 aliphatic carbocycles. The van der Waals surface area contributed by atoms with Crippen LogP contribution in [-0.4, -0.2) is 78.4 Å². The number of carbonyl (C=O) groups is 5. The zero-order valence-electron chi connectivity index (χ0n) is 20.1. The fraction of sp³-hybridized carbons (Fsp3) is 0.800. The van der Waals surface area contributed by atoms with E-state index in [9.17, 15) is 24.0 Å². The molecule has 12 heteroatoms. The lowest BCUT2D eigenvalue weighted by Gasteiger charge is -2.28. The minimum absolute atomic E-state index is 0.0688. The maximum absolute atomic E-state index is 13.4. The Hall–Kier alpha value is -0.330. The normalized spacial score (nSPS) is 46.3. The minimum atomic E-state index is -0.985. The monoisotopic (exact) mass is 768 g/mol. The van der Waals surface area contributed by atoms with Gasteiger partial charge in [0.25, 0.3) is 0 Å². The van der Waals surface area contributed by atoms with Crippen molar-refractivity contribution in [3.8, 4) is 0 Å². The standard InChI is InChI=1S/C25H28Br4N2O6/c1-37-25(36)12(31-23(34)15-10-7-11(16(15)24(31)35)20(29)19(10)28)4-2-3-5-30-21(32)13-8-6-9(14(13)22(30)33)18(27)17(8)26/h8-20H,2-7H2,1H3/t8-,9-,10-,11-,12+,13-,14+,15-,16-,17-,18+,19+,20+/m1/s1. The van der Waals surface area contributed by atoms with Crippen molar-refractivity contribution < 1.29 is 28.7 Å². The van der Waals surface area contributed by atoms with Gasteiger partial charge < -0.3 is 4.74 Å². The Kier molecular flexibility index (Phi) is 7.01. The van der Waals surface area contributed by atoms with Gasteiger partial charge in [0.05, 0.1) is 30.8 Å². The molecule has 6 rings (SSSR count). The fourth-order valence-electron chi connectivity index (χ4n) is 8.41. The van der Waals surface area contributed by atoms with Gasteiger partial charge in [-0.15, -0.1) is 0 Å². The van der Waals surface area contributed by atoms with E-state index < -0.39 is 23.8 Å². The lowest BCUT2D eigenvalue weighted by Crippen LogP contribution is -2.47. The van der Waals surface area contributed by atoms with Crippen LogP contribution in [0.3, 0.4) is 0 Å². The molecule has 0 aromatic heterocycles. The van der Waals surface area contributed by atoms with Crippen LogP contribution in [0.15, 0.2) is 0 Å². The highest BCUT2D eigenvalue weighted by Gasteiger charge is 2.68. The number of esters is 1. The third-order valence-electron chi connectivity index (χ3n) is 9.99. The summed E-state index contributed by atoms with van der Waals surface area (Å²) in [5.74, 6) is -2.13. The summed E-state index contributed by atoms with van der Waals surface area (Å²) in [5, 5.41) is 0. The molecule has 4 amide bonds. The van der Waals surface area contributed by atoms with E-state index in [-0.39, 0.29) is 91.4 Å². The van der Waals surface area contributed by atoms with Gasteiger partial charge in [0.1, 0.15) is 6.04 Å². The number of ether oxygens (including phenoxy) is 1. The van der Waals surface area contributed by atoms with Gasteiger partial charge in [-0.2, -0.15) is 0 Å². The maximum atomic E-state index is 13.4. The summed E-state index contributed by atoms with van der Waals surface area (Å²) in [7, 11) is 1.26. The summed E-state index contributed by atoms with van der Waals surface area (Å²) in [4.78, 5) is 69.0. The van der Waals surface area contributed by atoms with E-state index in [0.717, 1.165) is 17.7 Å². The number of alkyl halides is 4. The zero-order valence-corrected chi connectivity index (χ0v) is 26.4. The molecule has 2 heterocycles. The number of rotatable bonds is 7. The molecule has 8 nitrogen and oxygen atoms in total. The van der Waals surface area contributed by atoms with Gasteiger partial charge in [-0.25, -0.2) is 4.79 Å². The first-order valence-electron chi connectivity index (χ1n) is 13.0. The van der Waals surface area contributed by atoms with Crippen LogP contribution in [0, 0.1) is 47.3 Å². The second-order valence-electron chi connectivity index (χ2n) is 11.4. The summed E-state index contributed by atoms with van der Waals surface area (Å²) in [6, 6.07) is -0.985. The Balaban J connectivity index is 1.10. The summed E-state index contributed by atoms with van der Waals surface area (Å²) < 4.78 is 4.99. The highest BCUT2D eigenvalue weighted by Crippen LogP contribution is 2.61. The molecule has 2 saturated heterocycles. The number of carbonyl (C=O) groups excluding carboxylic acids is 5. The fourth-order valence-corrected chi connectivity index (χ4v) is 12.2. The number of unbranched alkanes of at least 4 members (excludes halogenated alkanes) is 1. The highest BCUT2D eigenvalue weighted by atomic mass is 79.9. The van der Waals surface area contributed by atoms with Gasteiger partial charge in [0, 0.05) is 25.9 Å². The number of methoxy groups -OCH3 is 1. The number of likely N-dealkylation sites (tertiary alicyclic amines) is 2. The predicted octanol–water partition coefficient (Wildman–Crippen LogP) is 3.25. The van der Waals surface area contributed by atoms with Crippen LogP contribution in [0.2, 0.25) is 0 Å². The van der Waals surface area contributed by atoms with Crippen molar-refractivity contribution in [3.05, 3.63) is 0 Å². The number of fused-ring (bicyclic) bond motifs is 10. The SMILES string of the molecule is COC(=O)[C@H](CCCCN1C(=O)[C@@H]2[C@H]3C[C@@H]([C@H](Br)[C@@H]3Br)[C@@H]2C1=O)N1C(=O)[C@@H]2[C@H]3C[C@@H]([C@H](Br)[C@H]3Br)[C@H]2C1=O. The van der Waals surface area contributed by atoms with Gasteiger partial charge in [0.2, 0.25) is 23.6 Å². The molecule has 0 spiro atoms. The van der Waals surface area contributed by atoms with Crippen LogP contribution in [0.25, 0.3) is 0 Å². The molecule has 13 atom stereocenters. The Morgan fingerprint density at radius 3 is 1.57 bits per heavy atom. The van der Waals surface area contributed by atoms with E-state index in [1.54, 1.807) is 0 Å². The molecule has 4 saturated carbocycles. The van der Waals surface area contributed by atoms with Gasteiger partial charge in [0.15, 0.2) is 0 Å². The number of amides is 4. The maximum Gasteiger partial charge on any atom is 0.329 e. The van der Waals surface area contributed by atoms with Crippen LogP contribution in [0.5, 0.6) is 0 Å². The topological polar surface area (TPSA) is 101 Å². The van der Waals surface area contributed by atoms with Crippen LogP contribution in [-0.2, 0) is 28.7 Å². The molecule has 6 fully saturated rings. The molecular formula is C25H28Br4N2O6. The quantitative estimate of drug-likeness (QED) is 0.171. The van der Waals surface area contributed by atoms with Crippen molar-refractivity contribution >= 4 is 93.3 Å². The van der Waals surface area contributed by atoms with Gasteiger partial charge >= 0.3 is 5.97 Å². The Bertz CT molecular complexity index is 1010. The van der Waals surface area contributed by atoms with E-state index >= 15 is 0 Å². The van der Waals surface area contributed by atoms with E-state index in [1.807, 2.05) is 0 Å². The zero-order chi connectivity index (χ0) is 26.5. The number of halogens is 4. The van der Waals surface area contributed by atoms with Crippen molar-refractivity contribution in [2.24, 2.45) is 47.3 Å². The van der Waals surface area contributed by atoms with Crippen LogP contribution >= 0.6 is 63.7 Å². The summed E-state index contributed by atoms with van der Waals surface area (Å²) in [6.07, 6.45) is 2.93. The van der Waals surface area contributed by atoms with E-state index in [4.69, 9.17) is 4.74 Å². The van der Waals surface area contributed by atoms with Crippen molar-refractivity contribution in [2.75, 3.05) is 13.7 Å². The molecule has 6 aliphatic rings. The molecule has 0 radical (unpaired) electrons. The molecule has 37 heavy (non-hydrogen) atoms. The van der Waals surface area contributed by atoms with Crippen molar-refractivity contribution in [2.45, 2.75) is 57.5 Å². The van der Waals surface area contributed by atoms with Crippen LogP contribution in [0.1, 0.15) is 32.1 Å². The van der Waals surface area contributed by atoms with Gasteiger partial charge in [-0.3, -0.25) is 29.0 Å². The number of imide groups is 2. The Labute approximate surface area is 248 Å². The third kappa shape index (κ3) is 3.69. The van der Waals surface area contributed by atoms with Crippen molar-refractivity contribution in [1.29, 1.82) is 0 Å². The average Bonchev–Trinajstić information content (AvgIpc) is 3.68. The lowest BCUT2D eigenvalue weighted by atomic mass is 9.81. The third-order valence-corrected chi connectivity index (χ3v) is 16.4. The first kappa shape index (κ1) is 26.9. The van der Waals surface area contributed by atoms with Gasteiger partial charge in [-0.1, -0.05) is 63.7 Å². The van der Waals surface area contributed by atoms with E-state index in [0.29, 0.717) is 12.8 Å². The first-order valence-corrected chi connectivity index (χ1v) is 16.6. The summed E-state index contributed by atoms with van der Waals surface area (Å²) in [5.41, 5.74) is 0. The Morgan fingerprint density at radius 1 is 0.757 bits per heavy atom. The van der Waals surface area contributed by atoms with Crippen molar-refractivity contribution in [3.63, 3.8) is 0 Å². The van der Waals surface area contributed by atoms with Gasteiger partial charge in [-0.05, 0) is 55.8 Å². The Morgan fingerprint density at radius 2 is 1.16 bits per heavy atom. The lowest BCUT2D eigenvalue weighted by molar-refractivity contribution is -0.157. The number of hydrogen-bond acceptors (Lipinski definition) is 6. The molecule has 2 aliphatic heterocycles. The van der Waals surface area contributed by atoms with E-state index in [1.165, 1.54) is 12.0 Å². The molecule has 0 unspecified atom stereocenters. The highest BCUT2D eigenvalue weighted by molar-refractivity contribution is 9.12. The second kappa shape index (κ2) is 9.65. The molecule has 0 N–H and O–H groups in total. The average molecular weight is 772 g/mol. The number of hydrogen-bond donors (Lipinski definition) is 0. The van der Waals surface area contributed by atoms with Crippen LogP contribution in [0.4, 0.5) is 0 Å².